The van der Waals surface area contributed by atoms with Gasteiger partial charge in [0.25, 0.3) is 10.0 Å². The van der Waals surface area contributed by atoms with Gasteiger partial charge < -0.3 is 4.90 Å². The molecule has 2 aromatic heterocycles. The van der Waals surface area contributed by atoms with Gasteiger partial charge in [-0.05, 0) is 69.4 Å². The summed E-state index contributed by atoms with van der Waals surface area (Å²) in [6.07, 6.45) is 2.80. The van der Waals surface area contributed by atoms with Gasteiger partial charge in [-0.1, -0.05) is 36.5 Å². The summed E-state index contributed by atoms with van der Waals surface area (Å²) in [4.78, 5) is 22.6. The maximum absolute atomic E-state index is 13.7. The highest BCUT2D eigenvalue weighted by atomic mass is 32.2. The molecule has 0 N–H and O–H groups in total. The molecule has 0 bridgehead atoms. The number of carbonyl (C=O) groups excluding carboxylic acids is 1. The number of fused-ring (bicyclic) bond motifs is 1. The molecule has 3 heterocycles. The summed E-state index contributed by atoms with van der Waals surface area (Å²) in [7, 11) is 0.580. The number of anilines is 1. The first-order chi connectivity index (χ1) is 16.3. The third-order valence-corrected chi connectivity index (χ3v) is 10.6. The van der Waals surface area contributed by atoms with Gasteiger partial charge >= 0.3 is 0 Å². The third-order valence-electron chi connectivity index (χ3n) is 6.25. The van der Waals surface area contributed by atoms with E-state index in [2.05, 4.69) is 24.0 Å². The van der Waals surface area contributed by atoms with Gasteiger partial charge in [0.15, 0.2) is 5.13 Å². The first-order valence-corrected chi connectivity index (χ1v) is 14.8. The van der Waals surface area contributed by atoms with E-state index in [0.29, 0.717) is 36.7 Å². The van der Waals surface area contributed by atoms with Crippen molar-refractivity contribution in [2.45, 2.75) is 36.8 Å². The Kier molecular flexibility index (Phi) is 8.04. The van der Waals surface area contributed by atoms with Crippen molar-refractivity contribution in [1.29, 1.82) is 0 Å². The second-order valence-electron chi connectivity index (χ2n) is 8.87. The Labute approximate surface area is 210 Å². The Balaban J connectivity index is 1.52. The van der Waals surface area contributed by atoms with Gasteiger partial charge in [-0.15, -0.1) is 11.3 Å². The number of benzene rings is 1. The van der Waals surface area contributed by atoms with Crippen LogP contribution in [-0.2, 0) is 21.2 Å². The van der Waals surface area contributed by atoms with Crippen molar-refractivity contribution >= 4 is 54.0 Å². The van der Waals surface area contributed by atoms with Gasteiger partial charge in [0, 0.05) is 25.6 Å². The number of hydrogen-bond donors (Lipinski definition) is 0. The van der Waals surface area contributed by atoms with Gasteiger partial charge in [0.2, 0.25) is 5.91 Å². The van der Waals surface area contributed by atoms with Gasteiger partial charge in [0.1, 0.15) is 4.21 Å². The van der Waals surface area contributed by atoms with E-state index in [9.17, 15) is 13.2 Å². The van der Waals surface area contributed by atoms with Crippen LogP contribution in [0.4, 0.5) is 5.13 Å². The summed E-state index contributed by atoms with van der Waals surface area (Å²) in [5.74, 6) is -0.143. The molecular weight excluding hydrogens is 488 g/mol. The number of thiazole rings is 1. The second kappa shape index (κ2) is 10.8. The lowest BCUT2D eigenvalue weighted by atomic mass is 9.96. The number of amides is 1. The Hall–Kier alpha value is -1.85. The monoisotopic (exact) mass is 520 g/mol. The molecule has 0 saturated carbocycles. The van der Waals surface area contributed by atoms with Crippen LogP contribution in [-0.4, -0.2) is 68.8 Å². The molecule has 0 unspecified atom stereocenters. The molecule has 1 saturated heterocycles. The fourth-order valence-electron chi connectivity index (χ4n) is 4.34. The van der Waals surface area contributed by atoms with Crippen molar-refractivity contribution in [3.63, 3.8) is 0 Å². The number of aryl methyl sites for hydroxylation is 1. The zero-order valence-electron chi connectivity index (χ0n) is 19.9. The molecule has 7 nitrogen and oxygen atoms in total. The molecule has 0 atom stereocenters. The van der Waals surface area contributed by atoms with E-state index in [4.69, 9.17) is 4.98 Å². The smallest absolute Gasteiger partial charge is 0.252 e. The first kappa shape index (κ1) is 25.2. The fraction of sp³-hybridized carbons (Fsp3) is 0.500. The number of piperidine rings is 1. The van der Waals surface area contributed by atoms with E-state index < -0.39 is 10.0 Å². The lowest BCUT2D eigenvalue weighted by molar-refractivity contribution is -0.123. The highest BCUT2D eigenvalue weighted by Crippen LogP contribution is 2.34. The summed E-state index contributed by atoms with van der Waals surface area (Å²) < 4.78 is 28.7. The van der Waals surface area contributed by atoms with Gasteiger partial charge in [-0.25, -0.2) is 13.4 Å². The average Bonchev–Trinajstić information content (AvgIpc) is 3.52. The maximum atomic E-state index is 13.7. The Bertz CT molecular complexity index is 1210. The van der Waals surface area contributed by atoms with Crippen LogP contribution < -0.4 is 4.90 Å². The molecule has 1 amide bonds. The molecule has 0 aliphatic carbocycles. The molecule has 4 rings (SSSR count). The highest BCUT2D eigenvalue weighted by molar-refractivity contribution is 7.91. The SMILES string of the molecule is CCc1cccc2sc(N(CCCN(C)C)C(=O)C3CCN(S(=O)(=O)c4cccs4)CC3)nc12. The van der Waals surface area contributed by atoms with E-state index in [-0.39, 0.29) is 11.8 Å². The lowest BCUT2D eigenvalue weighted by Crippen LogP contribution is -2.45. The largest absolute Gasteiger partial charge is 0.309 e. The molecule has 3 aromatic rings. The van der Waals surface area contributed by atoms with Crippen LogP contribution in [0.1, 0.15) is 31.7 Å². The van der Waals surface area contributed by atoms with Gasteiger partial charge in [-0.3, -0.25) is 9.69 Å². The number of carbonyl (C=O) groups is 1. The van der Waals surface area contributed by atoms with Crippen molar-refractivity contribution in [2.24, 2.45) is 5.92 Å². The molecule has 1 aliphatic heterocycles. The first-order valence-electron chi connectivity index (χ1n) is 11.7. The molecular formula is C24H32N4O3S3. The second-order valence-corrected chi connectivity index (χ2v) is 13.0. The molecule has 0 radical (unpaired) electrons. The predicted molar refractivity (Wildman–Crippen MR) is 140 cm³/mol. The number of hydrogen-bond acceptors (Lipinski definition) is 7. The fourth-order valence-corrected chi connectivity index (χ4v) is 8.00. The maximum Gasteiger partial charge on any atom is 0.252 e. The van der Waals surface area contributed by atoms with Crippen LogP contribution in [0.25, 0.3) is 10.2 Å². The summed E-state index contributed by atoms with van der Waals surface area (Å²) in [5, 5.41) is 2.52. The van der Waals surface area contributed by atoms with Crippen molar-refractivity contribution in [3.05, 3.63) is 41.3 Å². The molecule has 184 valence electrons. The van der Waals surface area contributed by atoms with Crippen LogP contribution in [0, 0.1) is 5.92 Å². The predicted octanol–water partition coefficient (Wildman–Crippen LogP) is 4.31. The zero-order chi connectivity index (χ0) is 24.3. The average molecular weight is 521 g/mol. The number of thiophene rings is 1. The standard InChI is InChI=1S/C24H32N4O3S3/c1-4-18-8-5-9-20-22(18)25-24(33-20)28(14-7-13-26(2)3)23(29)19-11-15-27(16-12-19)34(30,31)21-10-6-17-32-21/h5-6,8-10,17,19H,4,7,11-16H2,1-3H3. The van der Waals surface area contributed by atoms with Crippen molar-refractivity contribution in [2.75, 3.05) is 45.2 Å². The highest BCUT2D eigenvalue weighted by Gasteiger charge is 2.35. The summed E-state index contributed by atoms with van der Waals surface area (Å²) in [6, 6.07) is 9.59. The minimum absolute atomic E-state index is 0.0593. The molecule has 1 fully saturated rings. The minimum atomic E-state index is -3.48. The third kappa shape index (κ3) is 5.36. The number of nitrogens with zero attached hydrogens (tertiary/aromatic N) is 4. The minimum Gasteiger partial charge on any atom is -0.309 e. The van der Waals surface area contributed by atoms with Crippen LogP contribution in [0.5, 0.6) is 0 Å². The summed E-state index contributed by atoms with van der Waals surface area (Å²) >= 11 is 2.80. The molecule has 0 spiro atoms. The van der Waals surface area contributed by atoms with Gasteiger partial charge in [-0.2, -0.15) is 4.31 Å². The number of sulfonamides is 1. The van der Waals surface area contributed by atoms with Crippen LogP contribution in [0.3, 0.4) is 0 Å². The van der Waals surface area contributed by atoms with E-state index in [1.54, 1.807) is 28.8 Å². The van der Waals surface area contributed by atoms with Crippen molar-refractivity contribution in [3.8, 4) is 0 Å². The van der Waals surface area contributed by atoms with Crippen LogP contribution in [0.15, 0.2) is 39.9 Å². The molecule has 10 heteroatoms. The van der Waals surface area contributed by atoms with Crippen molar-refractivity contribution < 1.29 is 13.2 Å². The lowest BCUT2D eigenvalue weighted by Gasteiger charge is -2.32. The Morgan fingerprint density at radius 3 is 2.56 bits per heavy atom. The van der Waals surface area contributed by atoms with Crippen molar-refractivity contribution in [1.82, 2.24) is 14.2 Å². The topological polar surface area (TPSA) is 73.8 Å². The number of rotatable bonds is 9. The van der Waals surface area contributed by atoms with Crippen LogP contribution >= 0.6 is 22.7 Å². The number of aromatic nitrogens is 1. The van der Waals surface area contributed by atoms with E-state index in [0.717, 1.165) is 34.7 Å². The zero-order valence-corrected chi connectivity index (χ0v) is 22.4. The summed E-state index contributed by atoms with van der Waals surface area (Å²) in [5.41, 5.74) is 2.17. The van der Waals surface area contributed by atoms with Crippen LogP contribution in [0.2, 0.25) is 0 Å². The Morgan fingerprint density at radius 1 is 1.15 bits per heavy atom. The summed E-state index contributed by atoms with van der Waals surface area (Å²) in [6.45, 7) is 4.33. The van der Waals surface area contributed by atoms with E-state index in [1.807, 2.05) is 25.1 Å². The van der Waals surface area contributed by atoms with E-state index >= 15 is 0 Å². The normalized spacial score (nSPS) is 15.9. The quantitative estimate of drug-likeness (QED) is 0.420. The van der Waals surface area contributed by atoms with E-state index in [1.165, 1.54) is 21.2 Å². The number of para-hydroxylation sites is 1. The van der Waals surface area contributed by atoms with Gasteiger partial charge in [0.05, 0.1) is 10.2 Å². The Morgan fingerprint density at radius 2 is 1.91 bits per heavy atom. The molecule has 1 aromatic carbocycles. The molecule has 34 heavy (non-hydrogen) atoms. The molecule has 1 aliphatic rings.